The van der Waals surface area contributed by atoms with E-state index in [4.69, 9.17) is 0 Å². The Morgan fingerprint density at radius 1 is 1.20 bits per heavy atom. The molecule has 2 heterocycles. The third kappa shape index (κ3) is 3.37. The summed E-state index contributed by atoms with van der Waals surface area (Å²) >= 11 is 0. The molecule has 0 unspecified atom stereocenters. The van der Waals surface area contributed by atoms with Crippen LogP contribution in [0.5, 0.6) is 0 Å². The Labute approximate surface area is 139 Å². The number of carbonyl (C=O) groups excluding carboxylic acids is 1. The first-order valence-electron chi connectivity index (χ1n) is 7.23. The zero-order chi connectivity index (χ0) is 18.2. The van der Waals surface area contributed by atoms with Crippen molar-refractivity contribution in [2.75, 3.05) is 5.32 Å². The van der Waals surface area contributed by atoms with E-state index >= 15 is 0 Å². The number of alkyl halides is 3. The number of carbonyl (C=O) groups is 1. The number of rotatable bonds is 2. The zero-order valence-electron chi connectivity index (χ0n) is 12.9. The summed E-state index contributed by atoms with van der Waals surface area (Å²) in [6, 6.07) is 7.70. The molecule has 3 aromatic rings. The number of pyridine rings is 2. The van der Waals surface area contributed by atoms with Gasteiger partial charge in [0.1, 0.15) is 11.4 Å². The number of benzene rings is 1. The van der Waals surface area contributed by atoms with Crippen molar-refractivity contribution in [3.63, 3.8) is 0 Å². The Morgan fingerprint density at radius 2 is 1.96 bits per heavy atom. The highest BCUT2D eigenvalue weighted by Crippen LogP contribution is 2.30. The predicted molar refractivity (Wildman–Crippen MR) is 86.5 cm³/mol. The van der Waals surface area contributed by atoms with Crippen LogP contribution in [0.2, 0.25) is 0 Å². The number of nitrogens with zero attached hydrogens (tertiary/aromatic N) is 1. The van der Waals surface area contributed by atoms with E-state index in [0.29, 0.717) is 5.69 Å². The maximum Gasteiger partial charge on any atom is 0.416 e. The van der Waals surface area contributed by atoms with Gasteiger partial charge in [-0.2, -0.15) is 13.2 Å². The number of fused-ring (bicyclic) bond motifs is 1. The Morgan fingerprint density at radius 3 is 2.64 bits per heavy atom. The van der Waals surface area contributed by atoms with Gasteiger partial charge in [-0.15, -0.1) is 0 Å². The van der Waals surface area contributed by atoms with Crippen molar-refractivity contribution >= 4 is 22.6 Å². The van der Waals surface area contributed by atoms with E-state index in [1.807, 2.05) is 0 Å². The molecule has 0 spiro atoms. The zero-order valence-corrected chi connectivity index (χ0v) is 12.9. The van der Waals surface area contributed by atoms with E-state index in [0.717, 1.165) is 24.4 Å². The lowest BCUT2D eigenvalue weighted by molar-refractivity contribution is -0.137. The van der Waals surface area contributed by atoms with Crippen LogP contribution in [-0.4, -0.2) is 15.9 Å². The normalized spacial score (nSPS) is 11.5. The molecule has 2 aromatic heterocycles. The minimum absolute atomic E-state index is 0.00199. The summed E-state index contributed by atoms with van der Waals surface area (Å²) in [7, 11) is 0. The Balaban J connectivity index is 1.99. The van der Waals surface area contributed by atoms with Gasteiger partial charge < -0.3 is 10.3 Å². The summed E-state index contributed by atoms with van der Waals surface area (Å²) < 4.78 is 38.2. The second-order valence-electron chi connectivity index (χ2n) is 5.41. The molecule has 0 saturated carbocycles. The number of aryl methyl sites for hydroxylation is 1. The quantitative estimate of drug-likeness (QED) is 0.745. The summed E-state index contributed by atoms with van der Waals surface area (Å²) in [6.45, 7) is 1.75. The fraction of sp³-hybridized carbons (Fsp3) is 0.118. The molecule has 128 valence electrons. The highest BCUT2D eigenvalue weighted by atomic mass is 19.4. The summed E-state index contributed by atoms with van der Waals surface area (Å²) in [4.78, 5) is 31.3. The molecule has 0 aliphatic carbocycles. The summed E-state index contributed by atoms with van der Waals surface area (Å²) in [5, 5.41) is 2.49. The van der Waals surface area contributed by atoms with E-state index < -0.39 is 23.1 Å². The van der Waals surface area contributed by atoms with Gasteiger partial charge in [0.25, 0.3) is 5.91 Å². The van der Waals surface area contributed by atoms with Gasteiger partial charge in [-0.1, -0.05) is 6.07 Å². The average molecular weight is 347 g/mol. The third-order valence-corrected chi connectivity index (χ3v) is 3.58. The SMILES string of the molecule is Cc1cccc(NC(=O)c2c[nH]c3cc(C(F)(F)F)ccc3c2=O)n1. The van der Waals surface area contributed by atoms with Crippen molar-refractivity contribution in [3.05, 3.63) is 69.6 Å². The van der Waals surface area contributed by atoms with Crippen LogP contribution < -0.4 is 10.7 Å². The standard InChI is InChI=1S/C17H12F3N3O2/c1-9-3-2-4-14(22-9)23-16(25)12-8-21-13-7-10(17(18,19)20)5-6-11(13)15(12)24/h2-8H,1H3,(H,21,24)(H,22,23,25). The van der Waals surface area contributed by atoms with Gasteiger partial charge in [0.05, 0.1) is 5.56 Å². The van der Waals surface area contributed by atoms with Gasteiger partial charge in [0.15, 0.2) is 0 Å². The van der Waals surface area contributed by atoms with Crippen LogP contribution in [0.3, 0.4) is 0 Å². The molecule has 0 radical (unpaired) electrons. The molecule has 0 bridgehead atoms. The van der Waals surface area contributed by atoms with Gasteiger partial charge in [-0.05, 0) is 37.3 Å². The number of halogens is 3. The smallest absolute Gasteiger partial charge is 0.360 e. The minimum Gasteiger partial charge on any atom is -0.360 e. The van der Waals surface area contributed by atoms with E-state index in [9.17, 15) is 22.8 Å². The molecular formula is C17H12F3N3O2. The first kappa shape index (κ1) is 16.7. The Hall–Kier alpha value is -3.16. The van der Waals surface area contributed by atoms with Crippen molar-refractivity contribution in [2.45, 2.75) is 13.1 Å². The number of hydrogen-bond donors (Lipinski definition) is 2. The van der Waals surface area contributed by atoms with Crippen molar-refractivity contribution < 1.29 is 18.0 Å². The molecule has 0 fully saturated rings. The molecule has 0 saturated heterocycles. The number of hydrogen-bond acceptors (Lipinski definition) is 3. The number of aromatic nitrogens is 2. The van der Waals surface area contributed by atoms with Gasteiger partial charge in [-0.3, -0.25) is 9.59 Å². The van der Waals surface area contributed by atoms with Gasteiger partial charge in [0.2, 0.25) is 5.43 Å². The maximum atomic E-state index is 12.7. The third-order valence-electron chi connectivity index (χ3n) is 3.58. The van der Waals surface area contributed by atoms with E-state index in [-0.39, 0.29) is 22.3 Å². The van der Waals surface area contributed by atoms with Gasteiger partial charge >= 0.3 is 6.18 Å². The predicted octanol–water partition coefficient (Wildman–Crippen LogP) is 3.50. The Bertz CT molecular complexity index is 1030. The monoisotopic (exact) mass is 347 g/mol. The molecule has 5 nitrogen and oxygen atoms in total. The van der Waals surface area contributed by atoms with E-state index in [2.05, 4.69) is 15.3 Å². The minimum atomic E-state index is -4.52. The molecule has 0 aliphatic rings. The van der Waals surface area contributed by atoms with E-state index in [1.54, 1.807) is 25.1 Å². The second-order valence-corrected chi connectivity index (χ2v) is 5.41. The molecular weight excluding hydrogens is 335 g/mol. The van der Waals surface area contributed by atoms with Crippen LogP contribution in [0.15, 0.2) is 47.4 Å². The lowest BCUT2D eigenvalue weighted by Crippen LogP contribution is -2.22. The topological polar surface area (TPSA) is 74.8 Å². The van der Waals surface area contributed by atoms with Crippen LogP contribution in [0, 0.1) is 6.92 Å². The van der Waals surface area contributed by atoms with Gasteiger partial charge in [-0.25, -0.2) is 4.98 Å². The Kier molecular flexibility index (Phi) is 4.03. The average Bonchev–Trinajstić information content (AvgIpc) is 2.54. The van der Waals surface area contributed by atoms with Crippen LogP contribution in [0.25, 0.3) is 10.9 Å². The molecule has 0 aliphatic heterocycles. The highest BCUT2D eigenvalue weighted by molar-refractivity contribution is 6.05. The van der Waals surface area contributed by atoms with Crippen molar-refractivity contribution in [1.82, 2.24) is 9.97 Å². The second kappa shape index (κ2) is 6.04. The molecule has 0 atom stereocenters. The van der Waals surface area contributed by atoms with Crippen LogP contribution >= 0.6 is 0 Å². The van der Waals surface area contributed by atoms with Crippen molar-refractivity contribution in [3.8, 4) is 0 Å². The summed E-state index contributed by atoms with van der Waals surface area (Å²) in [5.74, 6) is -0.418. The first-order valence-corrected chi connectivity index (χ1v) is 7.23. The fourth-order valence-corrected chi connectivity index (χ4v) is 2.36. The molecule has 25 heavy (non-hydrogen) atoms. The molecule has 3 rings (SSSR count). The lowest BCUT2D eigenvalue weighted by atomic mass is 10.1. The summed E-state index contributed by atoms with van der Waals surface area (Å²) in [5.41, 5.74) is -1.06. The number of amides is 1. The fourth-order valence-electron chi connectivity index (χ4n) is 2.36. The van der Waals surface area contributed by atoms with Crippen molar-refractivity contribution in [1.29, 1.82) is 0 Å². The molecule has 2 N–H and O–H groups in total. The van der Waals surface area contributed by atoms with Crippen molar-refractivity contribution in [2.24, 2.45) is 0 Å². The number of nitrogens with one attached hydrogen (secondary N) is 2. The number of anilines is 1. The molecule has 1 aromatic carbocycles. The largest absolute Gasteiger partial charge is 0.416 e. The van der Waals surface area contributed by atoms with Crippen LogP contribution in [-0.2, 0) is 6.18 Å². The van der Waals surface area contributed by atoms with Crippen LogP contribution in [0.4, 0.5) is 19.0 Å². The summed E-state index contributed by atoms with van der Waals surface area (Å²) in [6.07, 6.45) is -3.42. The number of aromatic amines is 1. The van der Waals surface area contributed by atoms with Crippen LogP contribution in [0.1, 0.15) is 21.6 Å². The molecule has 1 amide bonds. The lowest BCUT2D eigenvalue weighted by Gasteiger charge is -2.09. The van der Waals surface area contributed by atoms with E-state index in [1.165, 1.54) is 0 Å². The maximum absolute atomic E-state index is 12.7. The number of H-pyrrole nitrogens is 1. The molecule has 8 heteroatoms. The first-order chi connectivity index (χ1) is 11.8. The highest BCUT2D eigenvalue weighted by Gasteiger charge is 2.30. The van der Waals surface area contributed by atoms with Gasteiger partial charge in [0, 0.05) is 22.8 Å².